The molecule has 0 spiro atoms. The number of aliphatic carboxylic acids is 1. The van der Waals surface area contributed by atoms with Crippen LogP contribution in [0.5, 0.6) is 0 Å². The van der Waals surface area contributed by atoms with E-state index in [0.29, 0.717) is 18.1 Å². The maximum Gasteiger partial charge on any atom is 0.307 e. The van der Waals surface area contributed by atoms with Gasteiger partial charge in [-0.25, -0.2) is 0 Å². The van der Waals surface area contributed by atoms with Crippen molar-refractivity contribution in [1.29, 1.82) is 0 Å². The van der Waals surface area contributed by atoms with Crippen LogP contribution in [0.15, 0.2) is 4.52 Å². The van der Waals surface area contributed by atoms with Gasteiger partial charge in [0.2, 0.25) is 11.8 Å². The molecule has 1 N–H and O–H groups in total. The molecule has 0 bridgehead atoms. The third kappa shape index (κ3) is 2.96. The summed E-state index contributed by atoms with van der Waals surface area (Å²) in [6.45, 7) is 1.94. The van der Waals surface area contributed by atoms with Crippen LogP contribution >= 0.6 is 0 Å². The fourth-order valence-electron chi connectivity index (χ4n) is 1.91. The zero-order valence-corrected chi connectivity index (χ0v) is 11.6. The first-order chi connectivity index (χ1) is 9.43. The standard InChI is InChI=1S/C12H17N3O5/c1-6(19-3)10-13-9(20-14-10)5-15(2)11(16)7-4-8(7)12(17)18/h6-8H,4-5H2,1-3H3,(H,17,18)/t6-,7+,8-/m1/s1. The Labute approximate surface area is 115 Å². The topological polar surface area (TPSA) is 106 Å². The molecule has 1 saturated carbocycles. The minimum absolute atomic E-state index is 0.158. The monoisotopic (exact) mass is 283 g/mol. The normalized spacial score (nSPS) is 22.4. The van der Waals surface area contributed by atoms with E-state index in [1.165, 1.54) is 12.0 Å². The molecule has 1 aromatic rings. The van der Waals surface area contributed by atoms with Gasteiger partial charge in [0.15, 0.2) is 5.82 Å². The Morgan fingerprint density at radius 3 is 2.80 bits per heavy atom. The lowest BCUT2D eigenvalue weighted by Gasteiger charge is -2.14. The van der Waals surface area contributed by atoms with Gasteiger partial charge >= 0.3 is 5.97 Å². The maximum atomic E-state index is 12.0. The average Bonchev–Trinajstić information content (AvgIpc) is 3.10. The summed E-state index contributed by atoms with van der Waals surface area (Å²) >= 11 is 0. The Hall–Kier alpha value is -1.96. The highest BCUT2D eigenvalue weighted by molar-refractivity contribution is 5.89. The van der Waals surface area contributed by atoms with Crippen molar-refractivity contribution in [3.8, 4) is 0 Å². The van der Waals surface area contributed by atoms with Gasteiger partial charge in [-0.3, -0.25) is 9.59 Å². The van der Waals surface area contributed by atoms with Crippen LogP contribution in [0, 0.1) is 11.8 Å². The highest BCUT2D eigenvalue weighted by atomic mass is 16.5. The van der Waals surface area contributed by atoms with Crippen molar-refractivity contribution in [3.05, 3.63) is 11.7 Å². The van der Waals surface area contributed by atoms with E-state index in [-0.39, 0.29) is 18.6 Å². The SMILES string of the molecule is CO[C@H](C)c1noc(CN(C)C(=O)[C@H]2C[C@H]2C(=O)O)n1. The predicted octanol–water partition coefficient (Wildman–Crippen LogP) is 0.456. The number of carbonyl (C=O) groups is 2. The minimum Gasteiger partial charge on any atom is -0.481 e. The van der Waals surface area contributed by atoms with Crippen molar-refractivity contribution in [2.75, 3.05) is 14.2 Å². The highest BCUT2D eigenvalue weighted by Gasteiger charge is 2.49. The third-order valence-electron chi connectivity index (χ3n) is 3.37. The molecule has 1 heterocycles. The quantitative estimate of drug-likeness (QED) is 0.808. The van der Waals surface area contributed by atoms with E-state index in [2.05, 4.69) is 10.1 Å². The van der Waals surface area contributed by atoms with Crippen LogP contribution in [-0.2, 0) is 20.9 Å². The molecule has 8 heteroatoms. The Bertz CT molecular complexity index is 515. The van der Waals surface area contributed by atoms with Crippen molar-refractivity contribution in [3.63, 3.8) is 0 Å². The molecule has 0 aromatic carbocycles. The number of carbonyl (C=O) groups excluding carboxylic acids is 1. The number of methoxy groups -OCH3 is 1. The third-order valence-corrected chi connectivity index (χ3v) is 3.37. The molecule has 1 aliphatic carbocycles. The molecule has 20 heavy (non-hydrogen) atoms. The first-order valence-electron chi connectivity index (χ1n) is 6.27. The van der Waals surface area contributed by atoms with E-state index < -0.39 is 17.8 Å². The molecule has 1 aromatic heterocycles. The zero-order valence-electron chi connectivity index (χ0n) is 11.6. The molecule has 8 nitrogen and oxygen atoms in total. The second kappa shape index (κ2) is 5.58. The smallest absolute Gasteiger partial charge is 0.307 e. The van der Waals surface area contributed by atoms with Crippen molar-refractivity contribution in [1.82, 2.24) is 15.0 Å². The molecule has 0 saturated heterocycles. The number of rotatable bonds is 6. The highest BCUT2D eigenvalue weighted by Crippen LogP contribution is 2.40. The summed E-state index contributed by atoms with van der Waals surface area (Å²) in [4.78, 5) is 28.2. The fraction of sp³-hybridized carbons (Fsp3) is 0.667. The fourth-order valence-corrected chi connectivity index (χ4v) is 1.91. The Balaban J connectivity index is 1.91. The molecule has 3 atom stereocenters. The second-order valence-electron chi connectivity index (χ2n) is 4.91. The van der Waals surface area contributed by atoms with Crippen LogP contribution in [0.3, 0.4) is 0 Å². The summed E-state index contributed by atoms with van der Waals surface area (Å²) in [7, 11) is 3.12. The van der Waals surface area contributed by atoms with Gasteiger partial charge in [0.1, 0.15) is 6.10 Å². The Morgan fingerprint density at radius 1 is 1.55 bits per heavy atom. The van der Waals surface area contributed by atoms with Gasteiger partial charge in [0.05, 0.1) is 18.4 Å². The number of carboxylic acids is 1. The first kappa shape index (κ1) is 14.4. The van der Waals surface area contributed by atoms with E-state index in [4.69, 9.17) is 14.4 Å². The van der Waals surface area contributed by atoms with Crippen LogP contribution in [0.2, 0.25) is 0 Å². The van der Waals surface area contributed by atoms with Crippen LogP contribution < -0.4 is 0 Å². The number of nitrogens with zero attached hydrogens (tertiary/aromatic N) is 3. The lowest BCUT2D eigenvalue weighted by Crippen LogP contribution is -2.29. The van der Waals surface area contributed by atoms with Gasteiger partial charge in [-0.05, 0) is 13.3 Å². The van der Waals surface area contributed by atoms with Gasteiger partial charge in [-0.2, -0.15) is 4.98 Å². The molecule has 0 aliphatic heterocycles. The summed E-state index contributed by atoms with van der Waals surface area (Å²) in [5.41, 5.74) is 0. The number of amides is 1. The van der Waals surface area contributed by atoms with Gasteiger partial charge in [-0.15, -0.1) is 0 Å². The molecule has 1 amide bonds. The lowest BCUT2D eigenvalue weighted by molar-refractivity contribution is -0.141. The molecule has 0 radical (unpaired) electrons. The average molecular weight is 283 g/mol. The minimum atomic E-state index is -0.925. The van der Waals surface area contributed by atoms with Gasteiger partial charge in [0, 0.05) is 14.2 Å². The van der Waals surface area contributed by atoms with Gasteiger partial charge < -0.3 is 19.3 Å². The summed E-state index contributed by atoms with van der Waals surface area (Å²) in [6.07, 6.45) is 0.113. The molecular weight excluding hydrogens is 266 g/mol. The van der Waals surface area contributed by atoms with E-state index in [1.807, 2.05) is 0 Å². The predicted molar refractivity (Wildman–Crippen MR) is 65.4 cm³/mol. The van der Waals surface area contributed by atoms with Crippen LogP contribution in [0.4, 0.5) is 0 Å². The van der Waals surface area contributed by atoms with Crippen LogP contribution in [0.1, 0.15) is 31.2 Å². The molecule has 0 unspecified atom stereocenters. The zero-order chi connectivity index (χ0) is 14.9. The van der Waals surface area contributed by atoms with E-state index in [9.17, 15) is 9.59 Å². The number of hydrogen-bond donors (Lipinski definition) is 1. The van der Waals surface area contributed by atoms with Crippen molar-refractivity contribution in [2.24, 2.45) is 11.8 Å². The number of hydrogen-bond acceptors (Lipinski definition) is 6. The number of ether oxygens (including phenoxy) is 1. The van der Waals surface area contributed by atoms with Crippen molar-refractivity contribution in [2.45, 2.75) is 26.0 Å². The first-order valence-corrected chi connectivity index (χ1v) is 6.27. The molecule has 1 aliphatic rings. The summed E-state index contributed by atoms with van der Waals surface area (Å²) in [6, 6.07) is 0. The van der Waals surface area contributed by atoms with Crippen LogP contribution in [0.25, 0.3) is 0 Å². The summed E-state index contributed by atoms with van der Waals surface area (Å²) in [5.74, 6) is -1.41. The summed E-state index contributed by atoms with van der Waals surface area (Å²) in [5, 5.41) is 12.6. The van der Waals surface area contributed by atoms with E-state index >= 15 is 0 Å². The molecule has 1 fully saturated rings. The Morgan fingerprint density at radius 2 is 2.25 bits per heavy atom. The maximum absolute atomic E-state index is 12.0. The number of aromatic nitrogens is 2. The van der Waals surface area contributed by atoms with Crippen molar-refractivity contribution < 1.29 is 24.0 Å². The molecule has 110 valence electrons. The van der Waals surface area contributed by atoms with Gasteiger partial charge in [0.25, 0.3) is 0 Å². The summed E-state index contributed by atoms with van der Waals surface area (Å²) < 4.78 is 10.1. The van der Waals surface area contributed by atoms with E-state index in [0.717, 1.165) is 0 Å². The van der Waals surface area contributed by atoms with Crippen LogP contribution in [-0.4, -0.2) is 46.2 Å². The Kier molecular flexibility index (Phi) is 4.03. The molecular formula is C12H17N3O5. The number of carboxylic acid groups (broad SMARTS) is 1. The second-order valence-corrected chi connectivity index (χ2v) is 4.91. The van der Waals surface area contributed by atoms with Crippen molar-refractivity contribution >= 4 is 11.9 Å². The largest absolute Gasteiger partial charge is 0.481 e. The molecule has 2 rings (SSSR count). The van der Waals surface area contributed by atoms with E-state index in [1.54, 1.807) is 14.0 Å². The van der Waals surface area contributed by atoms with Gasteiger partial charge in [-0.1, -0.05) is 5.16 Å². The lowest BCUT2D eigenvalue weighted by atomic mass is 10.3.